The molecule has 2 amide bonds. The molecular formula is C18H16FN3O2. The summed E-state index contributed by atoms with van der Waals surface area (Å²) >= 11 is 0. The summed E-state index contributed by atoms with van der Waals surface area (Å²) in [7, 11) is 0. The lowest BCUT2D eigenvalue weighted by Gasteiger charge is -2.11. The third-order valence-corrected chi connectivity index (χ3v) is 3.80. The maximum Gasteiger partial charge on any atom is 0.274 e. The summed E-state index contributed by atoms with van der Waals surface area (Å²) in [6.07, 6.45) is 1.18. The van der Waals surface area contributed by atoms with Gasteiger partial charge in [-0.2, -0.15) is 5.10 Å². The second kappa shape index (κ2) is 6.62. The second-order valence-corrected chi connectivity index (χ2v) is 5.60. The van der Waals surface area contributed by atoms with Crippen LogP contribution in [0.2, 0.25) is 0 Å². The van der Waals surface area contributed by atoms with E-state index in [4.69, 9.17) is 5.73 Å². The molecule has 2 aromatic carbocycles. The molecule has 0 unspecified atom stereocenters. The molecule has 0 atom stereocenters. The lowest BCUT2D eigenvalue weighted by Crippen LogP contribution is -2.23. The number of hydrogen-bond acceptors (Lipinski definition) is 3. The summed E-state index contributed by atoms with van der Waals surface area (Å²) in [4.78, 5) is 23.6. The zero-order chi connectivity index (χ0) is 17.1. The molecule has 2 aromatic rings. The summed E-state index contributed by atoms with van der Waals surface area (Å²) in [5, 5.41) is 5.67. The van der Waals surface area contributed by atoms with E-state index in [1.165, 1.54) is 23.2 Å². The lowest BCUT2D eigenvalue weighted by molar-refractivity contribution is 0.0777. The van der Waals surface area contributed by atoms with Crippen molar-refractivity contribution < 1.29 is 14.0 Å². The van der Waals surface area contributed by atoms with Crippen molar-refractivity contribution in [2.24, 2.45) is 10.8 Å². The third kappa shape index (κ3) is 3.48. The van der Waals surface area contributed by atoms with Crippen molar-refractivity contribution in [2.45, 2.75) is 12.8 Å². The van der Waals surface area contributed by atoms with Crippen molar-refractivity contribution in [1.29, 1.82) is 0 Å². The van der Waals surface area contributed by atoms with Crippen LogP contribution in [-0.2, 0) is 6.42 Å². The highest BCUT2D eigenvalue weighted by molar-refractivity contribution is 5.98. The Morgan fingerprint density at radius 2 is 1.88 bits per heavy atom. The van der Waals surface area contributed by atoms with E-state index in [1.807, 2.05) is 6.07 Å². The highest BCUT2D eigenvalue weighted by Gasteiger charge is 2.22. The van der Waals surface area contributed by atoms with Gasteiger partial charge in [-0.25, -0.2) is 9.40 Å². The lowest BCUT2D eigenvalue weighted by atomic mass is 10.0. The van der Waals surface area contributed by atoms with E-state index in [0.717, 1.165) is 11.3 Å². The molecule has 5 nitrogen and oxygen atoms in total. The number of carbonyl (C=O) groups is 2. The molecule has 0 saturated heterocycles. The van der Waals surface area contributed by atoms with E-state index in [9.17, 15) is 14.0 Å². The summed E-state index contributed by atoms with van der Waals surface area (Å²) in [6.45, 7) is 0.459. The molecule has 0 saturated carbocycles. The van der Waals surface area contributed by atoms with Gasteiger partial charge in [-0.1, -0.05) is 18.2 Å². The van der Waals surface area contributed by atoms with Gasteiger partial charge in [-0.15, -0.1) is 0 Å². The monoisotopic (exact) mass is 325 g/mol. The first-order chi connectivity index (χ1) is 11.5. The second-order valence-electron chi connectivity index (χ2n) is 5.60. The first-order valence-corrected chi connectivity index (χ1v) is 7.55. The van der Waals surface area contributed by atoms with Gasteiger partial charge in [0.2, 0.25) is 5.91 Å². The standard InChI is InChI=1S/C18H16FN3O2/c19-15-6-2-5-14(11-15)18(24)22-8-7-16(21-22)10-12-3-1-4-13(9-12)17(20)23/h1-6,9,11H,7-8,10H2,(H2,20,23). The Bertz CT molecular complexity index is 833. The van der Waals surface area contributed by atoms with Gasteiger partial charge in [0.05, 0.1) is 6.54 Å². The number of nitrogens with two attached hydrogens (primary N) is 1. The fourth-order valence-electron chi connectivity index (χ4n) is 2.62. The zero-order valence-corrected chi connectivity index (χ0v) is 12.9. The average Bonchev–Trinajstić information content (AvgIpc) is 3.03. The Kier molecular flexibility index (Phi) is 4.37. The largest absolute Gasteiger partial charge is 0.366 e. The number of hydrogen-bond donors (Lipinski definition) is 1. The topological polar surface area (TPSA) is 75.8 Å². The first kappa shape index (κ1) is 15.9. The number of hydrazone groups is 1. The molecule has 2 N–H and O–H groups in total. The average molecular weight is 325 g/mol. The number of rotatable bonds is 4. The molecule has 3 rings (SSSR count). The van der Waals surface area contributed by atoms with Crippen LogP contribution in [0.15, 0.2) is 53.6 Å². The highest BCUT2D eigenvalue weighted by Crippen LogP contribution is 2.16. The predicted octanol–water partition coefficient (Wildman–Crippen LogP) is 2.37. The van der Waals surface area contributed by atoms with Crippen molar-refractivity contribution in [1.82, 2.24) is 5.01 Å². The Labute approximate surface area is 138 Å². The maximum absolute atomic E-state index is 13.2. The summed E-state index contributed by atoms with van der Waals surface area (Å²) in [6, 6.07) is 12.6. The van der Waals surface area contributed by atoms with Crippen molar-refractivity contribution >= 4 is 17.5 Å². The Morgan fingerprint density at radius 1 is 1.12 bits per heavy atom. The van der Waals surface area contributed by atoms with E-state index in [2.05, 4.69) is 5.10 Å². The van der Waals surface area contributed by atoms with Crippen LogP contribution in [0, 0.1) is 5.82 Å². The molecule has 1 heterocycles. The molecule has 24 heavy (non-hydrogen) atoms. The Hall–Kier alpha value is -3.02. The Balaban J connectivity index is 1.73. The van der Waals surface area contributed by atoms with Crippen LogP contribution in [0.3, 0.4) is 0 Å². The van der Waals surface area contributed by atoms with E-state index in [0.29, 0.717) is 24.9 Å². The van der Waals surface area contributed by atoms with Crippen molar-refractivity contribution in [3.63, 3.8) is 0 Å². The minimum atomic E-state index is -0.479. The van der Waals surface area contributed by atoms with Crippen LogP contribution < -0.4 is 5.73 Å². The van der Waals surface area contributed by atoms with Crippen molar-refractivity contribution in [2.75, 3.05) is 6.54 Å². The maximum atomic E-state index is 13.2. The fourth-order valence-corrected chi connectivity index (χ4v) is 2.62. The van der Waals surface area contributed by atoms with Gasteiger partial charge >= 0.3 is 0 Å². The molecular weight excluding hydrogens is 309 g/mol. The van der Waals surface area contributed by atoms with E-state index >= 15 is 0 Å². The normalized spacial score (nSPS) is 13.7. The quantitative estimate of drug-likeness (QED) is 0.937. The molecule has 122 valence electrons. The molecule has 1 aliphatic rings. The van der Waals surface area contributed by atoms with Crippen molar-refractivity contribution in [3.05, 3.63) is 71.0 Å². The summed E-state index contributed by atoms with van der Waals surface area (Å²) in [5.41, 5.74) is 7.74. The minimum absolute atomic E-state index is 0.274. The molecule has 0 bridgehead atoms. The van der Waals surface area contributed by atoms with Crippen LogP contribution in [0.25, 0.3) is 0 Å². The van der Waals surface area contributed by atoms with E-state index in [-0.39, 0.29) is 11.5 Å². The zero-order valence-electron chi connectivity index (χ0n) is 12.9. The summed E-state index contributed by atoms with van der Waals surface area (Å²) in [5.74, 6) is -1.25. The highest BCUT2D eigenvalue weighted by atomic mass is 19.1. The molecule has 0 radical (unpaired) electrons. The molecule has 0 aromatic heterocycles. The van der Waals surface area contributed by atoms with Gasteiger partial charge in [-0.05, 0) is 35.9 Å². The van der Waals surface area contributed by atoms with E-state index < -0.39 is 11.7 Å². The number of primary amides is 1. The summed E-state index contributed by atoms with van der Waals surface area (Å²) < 4.78 is 13.2. The predicted molar refractivity (Wildman–Crippen MR) is 88.2 cm³/mol. The van der Waals surface area contributed by atoms with Crippen LogP contribution in [0.1, 0.15) is 32.7 Å². The SMILES string of the molecule is NC(=O)c1cccc(CC2=NN(C(=O)c3cccc(F)c3)CC2)c1. The smallest absolute Gasteiger partial charge is 0.274 e. The van der Waals surface area contributed by atoms with Gasteiger partial charge in [-0.3, -0.25) is 9.59 Å². The number of halogens is 1. The molecule has 1 aliphatic heterocycles. The van der Waals surface area contributed by atoms with Gasteiger partial charge in [0.15, 0.2) is 0 Å². The Morgan fingerprint density at radius 3 is 2.62 bits per heavy atom. The number of benzene rings is 2. The van der Waals surface area contributed by atoms with Gasteiger partial charge in [0.1, 0.15) is 5.82 Å². The van der Waals surface area contributed by atoms with Crippen LogP contribution >= 0.6 is 0 Å². The van der Waals surface area contributed by atoms with Gasteiger partial charge in [0, 0.05) is 29.7 Å². The van der Waals surface area contributed by atoms with Crippen LogP contribution in [-0.4, -0.2) is 29.1 Å². The molecule has 0 fully saturated rings. The molecule has 0 spiro atoms. The minimum Gasteiger partial charge on any atom is -0.366 e. The number of carbonyl (C=O) groups excluding carboxylic acids is 2. The first-order valence-electron chi connectivity index (χ1n) is 7.55. The number of amides is 2. The van der Waals surface area contributed by atoms with Gasteiger partial charge < -0.3 is 5.73 Å². The van der Waals surface area contributed by atoms with Crippen molar-refractivity contribution in [3.8, 4) is 0 Å². The van der Waals surface area contributed by atoms with Crippen LogP contribution in [0.5, 0.6) is 0 Å². The van der Waals surface area contributed by atoms with Gasteiger partial charge in [0.25, 0.3) is 5.91 Å². The molecule has 0 aliphatic carbocycles. The van der Waals surface area contributed by atoms with Crippen LogP contribution in [0.4, 0.5) is 4.39 Å². The van der Waals surface area contributed by atoms with E-state index in [1.54, 1.807) is 24.3 Å². The fraction of sp³-hybridized carbons (Fsp3) is 0.167. The molecule has 6 heteroatoms. The number of nitrogens with zero attached hydrogens (tertiary/aromatic N) is 2. The third-order valence-electron chi connectivity index (χ3n) is 3.80.